The fourth-order valence-electron chi connectivity index (χ4n) is 2.57. The van der Waals surface area contributed by atoms with Gasteiger partial charge in [0.1, 0.15) is 17.3 Å². The molecule has 2 heterocycles. The van der Waals surface area contributed by atoms with Gasteiger partial charge in [-0.05, 0) is 36.8 Å². The third-order valence-electron chi connectivity index (χ3n) is 3.91. The molecule has 3 rings (SSSR count). The van der Waals surface area contributed by atoms with E-state index in [1.54, 1.807) is 25.3 Å². The van der Waals surface area contributed by atoms with E-state index in [1.165, 1.54) is 12.3 Å². The molecular weight excluding hydrogens is 355 g/mol. The van der Waals surface area contributed by atoms with Gasteiger partial charge in [-0.1, -0.05) is 6.07 Å². The van der Waals surface area contributed by atoms with Gasteiger partial charge in [-0.25, -0.2) is 23.1 Å². The number of hydrogen-bond donors (Lipinski definition) is 2. The van der Waals surface area contributed by atoms with Gasteiger partial charge in [-0.2, -0.15) is 0 Å². The maximum atomic E-state index is 13.5. The third kappa shape index (κ3) is 4.28. The normalized spacial score (nSPS) is 10.9. The predicted molar refractivity (Wildman–Crippen MR) is 96.6 cm³/mol. The lowest BCUT2D eigenvalue weighted by Gasteiger charge is -2.12. The van der Waals surface area contributed by atoms with Gasteiger partial charge >= 0.3 is 0 Å². The van der Waals surface area contributed by atoms with Crippen molar-refractivity contribution in [3.05, 3.63) is 71.3 Å². The van der Waals surface area contributed by atoms with Crippen molar-refractivity contribution in [3.63, 3.8) is 0 Å². The highest BCUT2D eigenvalue weighted by Gasteiger charge is 2.15. The lowest BCUT2D eigenvalue weighted by Crippen LogP contribution is -2.06. The molecule has 2 N–H and O–H groups in total. The van der Waals surface area contributed by atoms with Crippen LogP contribution in [0.5, 0.6) is 0 Å². The highest BCUT2D eigenvalue weighted by Crippen LogP contribution is 2.29. The molecule has 0 saturated heterocycles. The Bertz CT molecular complexity index is 975. The molecule has 0 fully saturated rings. The highest BCUT2D eigenvalue weighted by molar-refractivity contribution is 5.85. The third-order valence-corrected chi connectivity index (χ3v) is 3.91. The number of aryl methyl sites for hydroxylation is 1. The molecular formula is C19H16F3N5. The molecule has 138 valence electrons. The summed E-state index contributed by atoms with van der Waals surface area (Å²) in [6.07, 6.45) is 1.29. The summed E-state index contributed by atoms with van der Waals surface area (Å²) in [4.78, 5) is 12.5. The number of halogens is 3. The summed E-state index contributed by atoms with van der Waals surface area (Å²) in [5, 5.41) is 10.6. The molecule has 27 heavy (non-hydrogen) atoms. The fourth-order valence-corrected chi connectivity index (χ4v) is 2.57. The summed E-state index contributed by atoms with van der Waals surface area (Å²) in [7, 11) is 0. The number of alkyl halides is 2. The molecule has 0 unspecified atom stereocenters. The number of aromatic nitrogens is 3. The van der Waals surface area contributed by atoms with Crippen LogP contribution in [-0.2, 0) is 6.54 Å². The van der Waals surface area contributed by atoms with Crippen LogP contribution in [0, 0.1) is 18.2 Å². The molecule has 0 saturated carbocycles. The predicted octanol–water partition coefficient (Wildman–Crippen LogP) is 4.53. The summed E-state index contributed by atoms with van der Waals surface area (Å²) < 4.78 is 39.4. The first-order chi connectivity index (χ1) is 13.0. The van der Waals surface area contributed by atoms with E-state index < -0.39 is 17.8 Å². The Hall–Kier alpha value is -3.29. The van der Waals surface area contributed by atoms with E-state index in [2.05, 4.69) is 20.3 Å². The second kappa shape index (κ2) is 7.94. The van der Waals surface area contributed by atoms with E-state index in [9.17, 15) is 13.2 Å². The molecule has 3 aromatic rings. The molecule has 2 aromatic heterocycles. The highest BCUT2D eigenvalue weighted by atomic mass is 19.3. The minimum absolute atomic E-state index is 0.376. The van der Waals surface area contributed by atoms with E-state index in [-0.39, 0.29) is 0 Å². The minimum Gasteiger partial charge on any atom is -0.378 e. The molecule has 0 spiro atoms. The molecule has 0 aliphatic heterocycles. The summed E-state index contributed by atoms with van der Waals surface area (Å²) in [5.41, 5.74) is 1.98. The first-order valence-electron chi connectivity index (χ1n) is 8.09. The number of rotatable bonds is 6. The molecule has 0 atom stereocenters. The smallest absolute Gasteiger partial charge is 0.266 e. The average Bonchev–Trinajstić information content (AvgIpc) is 2.66. The molecule has 0 radical (unpaired) electrons. The zero-order chi connectivity index (χ0) is 19.4. The SMILES string of the molecule is Cc1nccc(CNc2cc(-c3ccc(F)c(C(F)F)c3)cnc2C=N)n1. The van der Waals surface area contributed by atoms with Crippen LogP contribution in [0.1, 0.15) is 29.2 Å². The molecule has 5 nitrogen and oxygen atoms in total. The number of hydrogen-bond acceptors (Lipinski definition) is 5. The van der Waals surface area contributed by atoms with Crippen LogP contribution in [0.15, 0.2) is 42.7 Å². The minimum atomic E-state index is -2.91. The van der Waals surface area contributed by atoms with Crippen molar-refractivity contribution in [2.24, 2.45) is 0 Å². The Morgan fingerprint density at radius 2 is 1.96 bits per heavy atom. The first kappa shape index (κ1) is 18.5. The second-order valence-electron chi connectivity index (χ2n) is 5.79. The second-order valence-corrected chi connectivity index (χ2v) is 5.79. The Labute approximate surface area is 153 Å². The number of anilines is 1. The summed E-state index contributed by atoms with van der Waals surface area (Å²) >= 11 is 0. The topological polar surface area (TPSA) is 74.6 Å². The largest absolute Gasteiger partial charge is 0.378 e. The Balaban J connectivity index is 1.91. The standard InChI is InChI=1S/C19H16F3N5/c1-11-24-5-4-14(27-11)10-26-17-7-13(9-25-18(17)8-23)12-2-3-16(20)15(6-12)19(21)22/h2-9,19,23,26H,10H2,1H3. The first-order valence-corrected chi connectivity index (χ1v) is 8.09. The Morgan fingerprint density at radius 3 is 2.67 bits per heavy atom. The molecule has 0 bridgehead atoms. The molecule has 8 heteroatoms. The van der Waals surface area contributed by atoms with E-state index in [4.69, 9.17) is 5.41 Å². The van der Waals surface area contributed by atoms with Crippen molar-refractivity contribution in [3.8, 4) is 11.1 Å². The fraction of sp³-hybridized carbons (Fsp3) is 0.158. The van der Waals surface area contributed by atoms with Crippen molar-refractivity contribution >= 4 is 11.9 Å². The molecule has 0 aliphatic rings. The number of benzene rings is 1. The van der Waals surface area contributed by atoms with E-state index in [0.717, 1.165) is 24.0 Å². The molecule has 0 amide bonds. The van der Waals surface area contributed by atoms with Crippen molar-refractivity contribution in [2.75, 3.05) is 5.32 Å². The maximum absolute atomic E-state index is 13.5. The van der Waals surface area contributed by atoms with Gasteiger partial charge in [0, 0.05) is 24.2 Å². The van der Waals surface area contributed by atoms with Gasteiger partial charge in [-0.3, -0.25) is 4.98 Å². The Morgan fingerprint density at radius 1 is 1.15 bits per heavy atom. The van der Waals surface area contributed by atoms with E-state index in [0.29, 0.717) is 34.9 Å². The van der Waals surface area contributed by atoms with Gasteiger partial charge in [0.25, 0.3) is 6.43 Å². The van der Waals surface area contributed by atoms with Crippen molar-refractivity contribution < 1.29 is 13.2 Å². The monoisotopic (exact) mass is 371 g/mol. The van der Waals surface area contributed by atoms with Gasteiger partial charge in [-0.15, -0.1) is 0 Å². The van der Waals surface area contributed by atoms with E-state index >= 15 is 0 Å². The number of nitrogens with one attached hydrogen (secondary N) is 2. The van der Waals surface area contributed by atoms with Crippen LogP contribution >= 0.6 is 0 Å². The Kier molecular flexibility index (Phi) is 5.44. The maximum Gasteiger partial charge on any atom is 0.266 e. The van der Waals surface area contributed by atoms with Crippen LogP contribution in [0.25, 0.3) is 11.1 Å². The lowest BCUT2D eigenvalue weighted by molar-refractivity contribution is 0.146. The number of nitrogens with zero attached hydrogens (tertiary/aromatic N) is 3. The van der Waals surface area contributed by atoms with Crippen molar-refractivity contribution in [1.29, 1.82) is 5.41 Å². The zero-order valence-corrected chi connectivity index (χ0v) is 14.4. The van der Waals surface area contributed by atoms with Crippen LogP contribution < -0.4 is 5.32 Å². The van der Waals surface area contributed by atoms with Crippen LogP contribution in [0.4, 0.5) is 18.9 Å². The van der Waals surface area contributed by atoms with Crippen molar-refractivity contribution in [2.45, 2.75) is 19.9 Å². The van der Waals surface area contributed by atoms with Gasteiger partial charge in [0.2, 0.25) is 0 Å². The summed E-state index contributed by atoms with van der Waals surface area (Å²) in [6, 6.07) is 6.98. The summed E-state index contributed by atoms with van der Waals surface area (Å²) in [6.45, 7) is 2.16. The quantitative estimate of drug-likeness (QED) is 0.624. The van der Waals surface area contributed by atoms with Gasteiger partial charge < -0.3 is 10.7 Å². The van der Waals surface area contributed by atoms with Crippen LogP contribution in [0.3, 0.4) is 0 Å². The average molecular weight is 371 g/mol. The van der Waals surface area contributed by atoms with Gasteiger partial charge in [0.15, 0.2) is 0 Å². The van der Waals surface area contributed by atoms with Crippen LogP contribution in [-0.4, -0.2) is 21.2 Å². The zero-order valence-electron chi connectivity index (χ0n) is 14.4. The van der Waals surface area contributed by atoms with E-state index in [1.807, 2.05) is 0 Å². The molecule has 1 aromatic carbocycles. The molecule has 0 aliphatic carbocycles. The number of pyridine rings is 1. The van der Waals surface area contributed by atoms with Crippen molar-refractivity contribution in [1.82, 2.24) is 15.0 Å². The van der Waals surface area contributed by atoms with Crippen LogP contribution in [0.2, 0.25) is 0 Å². The van der Waals surface area contributed by atoms with Gasteiger partial charge in [0.05, 0.1) is 23.5 Å². The summed E-state index contributed by atoms with van der Waals surface area (Å²) in [5.74, 6) is -0.311. The lowest BCUT2D eigenvalue weighted by atomic mass is 10.0.